The Morgan fingerprint density at radius 2 is 2.15 bits per heavy atom. The maximum atomic E-state index is 13.1. The van der Waals surface area contributed by atoms with E-state index < -0.39 is 12.0 Å². The van der Waals surface area contributed by atoms with Crippen molar-refractivity contribution in [3.8, 4) is 0 Å². The zero-order valence-corrected chi connectivity index (χ0v) is 18.6. The molecule has 1 saturated carbocycles. The minimum Gasteiger partial charge on any atom is -0.327 e. The summed E-state index contributed by atoms with van der Waals surface area (Å²) in [6, 6.07) is 8.09. The maximum absolute atomic E-state index is 13.1. The second-order valence-electron chi connectivity index (χ2n) is 9.07. The number of nitrogens with one attached hydrogen (secondary N) is 3. The van der Waals surface area contributed by atoms with Gasteiger partial charge in [-0.15, -0.1) is 5.10 Å². The summed E-state index contributed by atoms with van der Waals surface area (Å²) in [5, 5.41) is 18.3. The Labute approximate surface area is 194 Å². The molecule has 174 valence electrons. The molecule has 0 bridgehead atoms. The van der Waals surface area contributed by atoms with E-state index in [1.54, 1.807) is 4.52 Å². The maximum Gasteiger partial charge on any atom is 0.247 e. The number of amides is 1. The van der Waals surface area contributed by atoms with Crippen LogP contribution in [-0.4, -0.2) is 48.3 Å². The lowest BCUT2D eigenvalue weighted by molar-refractivity contribution is -0.117. The highest BCUT2D eigenvalue weighted by atomic mass is 19.1. The Kier molecular flexibility index (Phi) is 4.89. The van der Waals surface area contributed by atoms with Crippen LogP contribution >= 0.6 is 0 Å². The molecule has 1 saturated heterocycles. The average Bonchev–Trinajstić information content (AvgIpc) is 3.20. The third kappa shape index (κ3) is 3.93. The Balaban J connectivity index is 1.29. The second kappa shape index (κ2) is 8.08. The van der Waals surface area contributed by atoms with E-state index in [0.29, 0.717) is 42.2 Å². The summed E-state index contributed by atoms with van der Waals surface area (Å²) >= 11 is 0. The first kappa shape index (κ1) is 20.6. The predicted octanol–water partition coefficient (Wildman–Crippen LogP) is 3.46. The summed E-state index contributed by atoms with van der Waals surface area (Å²) in [6.07, 6.45) is 6.19. The number of fused-ring (bicyclic) bond motifs is 1. The summed E-state index contributed by atoms with van der Waals surface area (Å²) < 4.78 is 14.9. The van der Waals surface area contributed by atoms with Crippen LogP contribution in [0.5, 0.6) is 0 Å². The highest BCUT2D eigenvalue weighted by Crippen LogP contribution is 2.40. The lowest BCUT2D eigenvalue weighted by Gasteiger charge is -2.24. The molecule has 5 heterocycles. The fraction of sp³-hybridized carbons (Fsp3) is 0.348. The van der Waals surface area contributed by atoms with Crippen molar-refractivity contribution in [3.63, 3.8) is 0 Å². The molecule has 10 nitrogen and oxygen atoms in total. The van der Waals surface area contributed by atoms with Gasteiger partial charge in [0.25, 0.3) is 0 Å². The first-order valence-corrected chi connectivity index (χ1v) is 11.4. The van der Waals surface area contributed by atoms with Crippen LogP contribution in [-0.2, 0) is 4.79 Å². The molecule has 3 N–H and O–H groups in total. The zero-order valence-electron chi connectivity index (χ0n) is 18.6. The summed E-state index contributed by atoms with van der Waals surface area (Å²) in [7, 11) is 0. The van der Waals surface area contributed by atoms with Gasteiger partial charge >= 0.3 is 0 Å². The molecule has 6 rings (SSSR count). The van der Waals surface area contributed by atoms with Crippen LogP contribution < -0.4 is 15.5 Å². The molecule has 4 aromatic heterocycles. The summed E-state index contributed by atoms with van der Waals surface area (Å²) in [5.41, 5.74) is 2.38. The van der Waals surface area contributed by atoms with Gasteiger partial charge in [-0.2, -0.15) is 14.5 Å². The summed E-state index contributed by atoms with van der Waals surface area (Å²) in [4.78, 5) is 23.4. The van der Waals surface area contributed by atoms with Crippen LogP contribution in [0.4, 0.5) is 27.7 Å². The van der Waals surface area contributed by atoms with E-state index in [-0.39, 0.29) is 11.8 Å². The molecule has 0 radical (unpaired) electrons. The van der Waals surface area contributed by atoms with Crippen LogP contribution in [0, 0.1) is 11.9 Å². The van der Waals surface area contributed by atoms with Gasteiger partial charge in [-0.1, -0.05) is 6.92 Å². The Morgan fingerprint density at radius 1 is 1.26 bits per heavy atom. The number of aromatic nitrogens is 6. The zero-order chi connectivity index (χ0) is 23.2. The molecular weight excluding hydrogens is 437 g/mol. The van der Waals surface area contributed by atoms with Gasteiger partial charge in [0.15, 0.2) is 11.6 Å². The topological polar surface area (TPSA) is 116 Å². The quantitative estimate of drug-likeness (QED) is 0.377. The normalized spacial score (nSPS) is 20.1. The molecule has 0 aromatic carbocycles. The van der Waals surface area contributed by atoms with E-state index in [9.17, 15) is 9.18 Å². The molecule has 0 spiro atoms. The van der Waals surface area contributed by atoms with Crippen molar-refractivity contribution in [2.75, 3.05) is 22.1 Å². The molecule has 4 aromatic rings. The number of rotatable bonds is 6. The first-order valence-electron chi connectivity index (χ1n) is 11.4. The van der Waals surface area contributed by atoms with Crippen molar-refractivity contribution >= 4 is 34.7 Å². The number of pyridine rings is 1. The fourth-order valence-electron chi connectivity index (χ4n) is 4.45. The van der Waals surface area contributed by atoms with Gasteiger partial charge in [-0.3, -0.25) is 9.89 Å². The number of halogens is 1. The van der Waals surface area contributed by atoms with Gasteiger partial charge in [-0.05, 0) is 49.4 Å². The number of hydrogen-bond donors (Lipinski definition) is 3. The molecule has 2 fully saturated rings. The molecule has 2 aliphatic rings. The van der Waals surface area contributed by atoms with Crippen molar-refractivity contribution < 1.29 is 9.18 Å². The number of anilines is 4. The summed E-state index contributed by atoms with van der Waals surface area (Å²) in [6.45, 7) is 2.73. The SMILES string of the molecule is C[C@@H]1C[C@@H](C(=O)Nc2ccc(F)nc2)N(c2nc(Nc3cc(C4CC4)[nH]n3)c3cccn3n2)C1. The van der Waals surface area contributed by atoms with E-state index in [0.717, 1.165) is 11.2 Å². The van der Waals surface area contributed by atoms with Gasteiger partial charge < -0.3 is 15.5 Å². The second-order valence-corrected chi connectivity index (χ2v) is 9.07. The summed E-state index contributed by atoms with van der Waals surface area (Å²) in [5.74, 6) is 1.81. The number of nitrogens with zero attached hydrogens (tertiary/aromatic N) is 6. The largest absolute Gasteiger partial charge is 0.327 e. The smallest absolute Gasteiger partial charge is 0.247 e. The van der Waals surface area contributed by atoms with E-state index in [2.05, 4.69) is 37.8 Å². The van der Waals surface area contributed by atoms with Gasteiger partial charge in [0.05, 0.1) is 11.9 Å². The molecule has 1 aliphatic carbocycles. The molecule has 1 aliphatic heterocycles. The Morgan fingerprint density at radius 3 is 2.94 bits per heavy atom. The van der Waals surface area contributed by atoms with Crippen LogP contribution in [0.15, 0.2) is 42.7 Å². The van der Waals surface area contributed by atoms with Crippen LogP contribution in [0.2, 0.25) is 0 Å². The first-order chi connectivity index (χ1) is 16.5. The molecule has 34 heavy (non-hydrogen) atoms. The fourth-order valence-corrected chi connectivity index (χ4v) is 4.45. The number of hydrogen-bond acceptors (Lipinski definition) is 7. The van der Waals surface area contributed by atoms with Gasteiger partial charge in [-0.25, -0.2) is 9.50 Å². The highest BCUT2D eigenvalue weighted by Gasteiger charge is 2.37. The van der Waals surface area contributed by atoms with Crippen molar-refractivity contribution in [1.82, 2.24) is 29.8 Å². The van der Waals surface area contributed by atoms with Gasteiger partial charge in [0.2, 0.25) is 17.8 Å². The minimum absolute atomic E-state index is 0.204. The average molecular weight is 462 g/mol. The van der Waals surface area contributed by atoms with E-state index in [1.165, 1.54) is 31.2 Å². The van der Waals surface area contributed by atoms with E-state index in [1.807, 2.05) is 29.3 Å². The van der Waals surface area contributed by atoms with Crippen LogP contribution in [0.25, 0.3) is 5.52 Å². The number of carbonyl (C=O) groups excluding carboxylic acids is 1. The van der Waals surface area contributed by atoms with Gasteiger partial charge in [0, 0.05) is 30.4 Å². The van der Waals surface area contributed by atoms with E-state index >= 15 is 0 Å². The lowest BCUT2D eigenvalue weighted by Crippen LogP contribution is -2.41. The standard InChI is InChI=1S/C23H24FN9O/c1-13-9-18(22(34)26-15-6-7-19(24)25-11-15)32(12-13)23-28-21(17-3-2-8-33(17)31-23)27-20-10-16(29-30-20)14-4-5-14/h2-3,6-8,10-11,13-14,18H,4-5,9,12H2,1H3,(H,26,34)(H2,27,28,29,30,31)/t13-,18+/m1/s1. The van der Waals surface area contributed by atoms with Crippen LogP contribution in [0.3, 0.4) is 0 Å². The number of aromatic amines is 1. The molecule has 1 amide bonds. The van der Waals surface area contributed by atoms with Crippen molar-refractivity contribution in [2.45, 2.75) is 38.1 Å². The molecule has 11 heteroatoms. The Hall–Kier alpha value is -4.02. The Bertz CT molecular complexity index is 1340. The van der Waals surface area contributed by atoms with E-state index in [4.69, 9.17) is 4.98 Å². The monoisotopic (exact) mass is 461 g/mol. The molecular formula is C23H24FN9O. The minimum atomic E-state index is -0.594. The van der Waals surface area contributed by atoms with Crippen molar-refractivity contribution in [3.05, 3.63) is 54.4 Å². The predicted molar refractivity (Wildman–Crippen MR) is 125 cm³/mol. The molecule has 2 atom stereocenters. The van der Waals surface area contributed by atoms with Crippen LogP contribution in [0.1, 0.15) is 37.8 Å². The third-order valence-corrected chi connectivity index (χ3v) is 6.31. The highest BCUT2D eigenvalue weighted by molar-refractivity contribution is 5.97. The van der Waals surface area contributed by atoms with Crippen molar-refractivity contribution in [2.24, 2.45) is 5.92 Å². The number of carbonyl (C=O) groups is 1. The molecule has 0 unspecified atom stereocenters. The van der Waals surface area contributed by atoms with Crippen molar-refractivity contribution in [1.29, 1.82) is 0 Å². The number of H-pyrrole nitrogens is 1. The van der Waals surface area contributed by atoms with Gasteiger partial charge in [0.1, 0.15) is 11.6 Å². The lowest BCUT2D eigenvalue weighted by atomic mass is 10.1. The third-order valence-electron chi connectivity index (χ3n) is 6.31.